The van der Waals surface area contributed by atoms with E-state index in [4.69, 9.17) is 9.47 Å². The predicted molar refractivity (Wildman–Crippen MR) is 115 cm³/mol. The summed E-state index contributed by atoms with van der Waals surface area (Å²) in [5.74, 6) is 0.604. The van der Waals surface area contributed by atoms with Gasteiger partial charge < -0.3 is 14.8 Å². The molecule has 1 N–H and O–H groups in total. The zero-order chi connectivity index (χ0) is 21.8. The smallest absolute Gasteiger partial charge is 0.260 e. The van der Waals surface area contributed by atoms with Crippen LogP contribution in [0.4, 0.5) is 0 Å². The molecule has 2 fully saturated rings. The van der Waals surface area contributed by atoms with E-state index < -0.39 is 11.8 Å². The normalized spacial score (nSPS) is 25.4. The fourth-order valence-corrected chi connectivity index (χ4v) is 4.53. The zero-order valence-electron chi connectivity index (χ0n) is 18.0. The highest BCUT2D eigenvalue weighted by Gasteiger charge is 2.53. The lowest BCUT2D eigenvalue weighted by molar-refractivity contribution is -0.128. The molecule has 1 saturated heterocycles. The van der Waals surface area contributed by atoms with Crippen LogP contribution in [-0.2, 0) is 16.1 Å². The lowest BCUT2D eigenvalue weighted by Gasteiger charge is -2.43. The Morgan fingerprint density at radius 2 is 1.94 bits per heavy atom. The van der Waals surface area contributed by atoms with Gasteiger partial charge in [-0.15, -0.1) is 0 Å². The Labute approximate surface area is 182 Å². The molecule has 1 atom stereocenters. The predicted octanol–water partition coefficient (Wildman–Crippen LogP) is 3.15. The number of para-hydroxylation sites is 1. The average Bonchev–Trinajstić information content (AvgIpc) is 3.18. The molecular formula is C24H29N3O4. The second kappa shape index (κ2) is 9.06. The molecule has 1 unspecified atom stereocenters. The molecule has 1 aromatic heterocycles. The van der Waals surface area contributed by atoms with E-state index in [0.29, 0.717) is 23.8 Å². The van der Waals surface area contributed by atoms with Crippen molar-refractivity contribution in [3.63, 3.8) is 0 Å². The van der Waals surface area contributed by atoms with Crippen molar-refractivity contribution in [1.82, 2.24) is 15.2 Å². The first-order chi connectivity index (χ1) is 15.0. The Morgan fingerprint density at radius 1 is 1.19 bits per heavy atom. The zero-order valence-corrected chi connectivity index (χ0v) is 18.0. The maximum absolute atomic E-state index is 13.7. The van der Waals surface area contributed by atoms with Crippen LogP contribution >= 0.6 is 0 Å². The first kappa shape index (κ1) is 21.3. The number of methoxy groups -OCH3 is 1. The number of hydrogen-bond acceptors (Lipinski definition) is 5. The largest absolute Gasteiger partial charge is 0.496 e. The summed E-state index contributed by atoms with van der Waals surface area (Å²) in [6.07, 6.45) is 5.05. The quantitative estimate of drug-likeness (QED) is 0.799. The van der Waals surface area contributed by atoms with Crippen molar-refractivity contribution in [3.05, 3.63) is 59.9 Å². The van der Waals surface area contributed by atoms with Crippen LogP contribution in [0.15, 0.2) is 48.7 Å². The minimum absolute atomic E-state index is 0.184. The van der Waals surface area contributed by atoms with Crippen LogP contribution in [0.2, 0.25) is 0 Å². The van der Waals surface area contributed by atoms with Crippen LogP contribution < -0.4 is 10.1 Å². The molecule has 0 bridgehead atoms. The van der Waals surface area contributed by atoms with Gasteiger partial charge in [0.15, 0.2) is 0 Å². The summed E-state index contributed by atoms with van der Waals surface area (Å²) in [4.78, 5) is 32.8. The summed E-state index contributed by atoms with van der Waals surface area (Å²) in [7, 11) is 1.54. The maximum Gasteiger partial charge on any atom is 0.260 e. The molecule has 2 heterocycles. The minimum atomic E-state index is -0.753. The van der Waals surface area contributed by atoms with Crippen LogP contribution in [0.5, 0.6) is 5.75 Å². The number of ether oxygens (including phenoxy) is 2. The molecule has 1 spiro atoms. The van der Waals surface area contributed by atoms with E-state index in [-0.39, 0.29) is 18.4 Å². The molecule has 7 heteroatoms. The number of hydrogen-bond donors (Lipinski definition) is 1. The van der Waals surface area contributed by atoms with Crippen molar-refractivity contribution in [1.29, 1.82) is 0 Å². The Bertz CT molecular complexity index is 925. The first-order valence-electron chi connectivity index (χ1n) is 10.8. The van der Waals surface area contributed by atoms with E-state index in [1.807, 2.05) is 24.3 Å². The standard InChI is InChI=1S/C24H29N3O4/c1-17-10-12-24(13-11-17)27(23(29)19-8-3-4-9-21(19)30-2)20(16-31-24)22(28)26-15-18-7-5-6-14-25-18/h3-9,14,17,20H,10-13,15-16H2,1-2H3,(H,26,28). The summed E-state index contributed by atoms with van der Waals surface area (Å²) in [6.45, 7) is 2.70. The van der Waals surface area contributed by atoms with Gasteiger partial charge in [-0.1, -0.05) is 25.1 Å². The third-order valence-corrected chi connectivity index (χ3v) is 6.34. The number of amides is 2. The fraction of sp³-hybridized carbons (Fsp3) is 0.458. The highest BCUT2D eigenvalue weighted by Crippen LogP contribution is 2.43. The minimum Gasteiger partial charge on any atom is -0.496 e. The van der Waals surface area contributed by atoms with Crippen LogP contribution in [0.25, 0.3) is 0 Å². The maximum atomic E-state index is 13.7. The number of carbonyl (C=O) groups is 2. The van der Waals surface area contributed by atoms with Crippen molar-refractivity contribution in [2.45, 2.75) is 50.9 Å². The summed E-state index contributed by atoms with van der Waals surface area (Å²) < 4.78 is 11.7. The first-order valence-corrected chi connectivity index (χ1v) is 10.8. The van der Waals surface area contributed by atoms with Crippen LogP contribution in [0.1, 0.15) is 48.7 Å². The van der Waals surface area contributed by atoms with Gasteiger partial charge in [0.2, 0.25) is 5.91 Å². The third-order valence-electron chi connectivity index (χ3n) is 6.34. The molecule has 1 saturated carbocycles. The van der Waals surface area contributed by atoms with Crippen molar-refractivity contribution in [2.75, 3.05) is 13.7 Å². The number of carbonyl (C=O) groups excluding carboxylic acids is 2. The summed E-state index contributed by atoms with van der Waals surface area (Å²) >= 11 is 0. The fourth-order valence-electron chi connectivity index (χ4n) is 4.53. The molecule has 2 amide bonds. The molecule has 1 aliphatic heterocycles. The van der Waals surface area contributed by atoms with Gasteiger partial charge >= 0.3 is 0 Å². The van der Waals surface area contributed by atoms with Gasteiger partial charge in [0.1, 0.15) is 17.5 Å². The number of nitrogens with one attached hydrogen (secondary N) is 1. The van der Waals surface area contributed by atoms with Crippen molar-refractivity contribution >= 4 is 11.8 Å². The SMILES string of the molecule is COc1ccccc1C(=O)N1C(C(=O)NCc2ccccn2)COC12CCC(C)CC2. The number of nitrogens with zero attached hydrogens (tertiary/aromatic N) is 2. The highest BCUT2D eigenvalue weighted by atomic mass is 16.5. The van der Waals surface area contributed by atoms with E-state index in [1.54, 1.807) is 36.4 Å². The molecule has 31 heavy (non-hydrogen) atoms. The van der Waals surface area contributed by atoms with Crippen molar-refractivity contribution < 1.29 is 19.1 Å². The van der Waals surface area contributed by atoms with E-state index in [9.17, 15) is 9.59 Å². The molecule has 0 radical (unpaired) electrons. The highest BCUT2D eigenvalue weighted by molar-refractivity contribution is 6.00. The van der Waals surface area contributed by atoms with Crippen molar-refractivity contribution in [3.8, 4) is 5.75 Å². The number of pyridine rings is 1. The summed E-state index contributed by atoms with van der Waals surface area (Å²) in [6, 6.07) is 12.0. The van der Waals surface area contributed by atoms with E-state index in [1.165, 1.54) is 0 Å². The van der Waals surface area contributed by atoms with Gasteiger partial charge in [0.25, 0.3) is 5.91 Å². The Hall–Kier alpha value is -2.93. The van der Waals surface area contributed by atoms with Gasteiger partial charge in [0, 0.05) is 6.20 Å². The van der Waals surface area contributed by atoms with Gasteiger partial charge in [-0.2, -0.15) is 0 Å². The Balaban J connectivity index is 1.61. The Morgan fingerprint density at radius 3 is 2.65 bits per heavy atom. The van der Waals surface area contributed by atoms with Crippen molar-refractivity contribution in [2.24, 2.45) is 5.92 Å². The second-order valence-electron chi connectivity index (χ2n) is 8.37. The molecule has 2 aliphatic rings. The topological polar surface area (TPSA) is 80.8 Å². The number of rotatable bonds is 5. The van der Waals surface area contributed by atoms with Gasteiger partial charge in [-0.05, 0) is 55.9 Å². The lowest BCUT2D eigenvalue weighted by Crippen LogP contribution is -2.56. The van der Waals surface area contributed by atoms with E-state index in [2.05, 4.69) is 17.2 Å². The molecule has 1 aromatic carbocycles. The van der Waals surface area contributed by atoms with Crippen LogP contribution in [0.3, 0.4) is 0 Å². The summed E-state index contributed by atoms with van der Waals surface area (Å²) in [5, 5.41) is 2.93. The Kier molecular flexibility index (Phi) is 6.23. The number of benzene rings is 1. The molecule has 2 aromatic rings. The summed E-state index contributed by atoms with van der Waals surface area (Å²) in [5.41, 5.74) is 0.451. The van der Waals surface area contributed by atoms with E-state index >= 15 is 0 Å². The van der Waals surface area contributed by atoms with Crippen LogP contribution in [-0.4, -0.2) is 47.2 Å². The molecule has 7 nitrogen and oxygen atoms in total. The second-order valence-corrected chi connectivity index (χ2v) is 8.37. The van der Waals surface area contributed by atoms with Gasteiger partial charge in [0.05, 0.1) is 31.5 Å². The van der Waals surface area contributed by atoms with Gasteiger partial charge in [-0.3, -0.25) is 19.5 Å². The molecular weight excluding hydrogens is 394 g/mol. The lowest BCUT2D eigenvalue weighted by atomic mass is 9.83. The van der Waals surface area contributed by atoms with Gasteiger partial charge in [-0.25, -0.2) is 0 Å². The molecule has 1 aliphatic carbocycles. The number of aromatic nitrogens is 1. The molecule has 4 rings (SSSR count). The average molecular weight is 424 g/mol. The van der Waals surface area contributed by atoms with Crippen LogP contribution in [0, 0.1) is 5.92 Å². The monoisotopic (exact) mass is 423 g/mol. The third kappa shape index (κ3) is 4.28. The van der Waals surface area contributed by atoms with E-state index in [0.717, 1.165) is 31.4 Å². The molecule has 164 valence electrons.